The van der Waals surface area contributed by atoms with Crippen molar-refractivity contribution in [1.29, 1.82) is 0 Å². The van der Waals surface area contributed by atoms with Crippen LogP contribution in [0.3, 0.4) is 0 Å². The van der Waals surface area contributed by atoms with E-state index in [1.54, 1.807) is 0 Å². The van der Waals surface area contributed by atoms with Gasteiger partial charge >= 0.3 is 23.9 Å². The molecule has 0 bridgehead atoms. The molecule has 0 spiro atoms. The van der Waals surface area contributed by atoms with E-state index in [4.69, 9.17) is 18.9 Å². The minimum absolute atomic E-state index is 0.0351. The van der Waals surface area contributed by atoms with E-state index in [0.29, 0.717) is 36.7 Å². The smallest absolute Gasteiger partial charge is 0.303 e. The minimum Gasteiger partial charge on any atom is -0.466 e. The van der Waals surface area contributed by atoms with E-state index in [0.717, 1.165) is 68.9 Å². The van der Waals surface area contributed by atoms with Crippen molar-refractivity contribution in [2.45, 2.75) is 138 Å². The third-order valence-electron chi connectivity index (χ3n) is 11.8. The van der Waals surface area contributed by atoms with Crippen LogP contribution >= 0.6 is 0 Å². The summed E-state index contributed by atoms with van der Waals surface area (Å²) in [4.78, 5) is 47.6. The fourth-order valence-electron chi connectivity index (χ4n) is 9.89. The van der Waals surface area contributed by atoms with Gasteiger partial charge in [-0.15, -0.1) is 0 Å². The van der Waals surface area contributed by atoms with Crippen LogP contribution in [-0.2, 0) is 38.1 Å². The molecule has 4 saturated carbocycles. The molecular formula is C35H54O8. The van der Waals surface area contributed by atoms with Gasteiger partial charge in [-0.05, 0) is 123 Å². The third kappa shape index (κ3) is 7.14. The summed E-state index contributed by atoms with van der Waals surface area (Å²) >= 11 is 0. The van der Waals surface area contributed by atoms with Crippen LogP contribution in [0.2, 0.25) is 0 Å². The molecule has 4 aliphatic carbocycles. The highest BCUT2D eigenvalue weighted by molar-refractivity contribution is 5.68. The van der Waals surface area contributed by atoms with Crippen molar-refractivity contribution in [1.82, 2.24) is 0 Å². The standard InChI is InChI=1S/C35H54O8/c1-20(19-40-22(3)36)9-12-31(42-24(5)38)21(2)33-32(43-25(6)39)18-30-28-11-10-26-17-27(41-23(4)37)13-15-34(26,7)29(28)14-16-35(30,33)8/h20,26-32H,9-19H2,1-8H3/b33-21-/t20-,26+,27+,28-,29+,30+,31+,32-,34+,35+/m1/s1. The molecular weight excluding hydrogens is 548 g/mol. The number of hydrogen-bond donors (Lipinski definition) is 0. The molecule has 0 amide bonds. The van der Waals surface area contributed by atoms with Gasteiger partial charge in [-0.2, -0.15) is 0 Å². The summed E-state index contributed by atoms with van der Waals surface area (Å²) in [7, 11) is 0. The maximum Gasteiger partial charge on any atom is 0.303 e. The Kier molecular flexibility index (Phi) is 10.4. The Labute approximate surface area is 258 Å². The number of ether oxygens (including phenoxy) is 4. The summed E-state index contributed by atoms with van der Waals surface area (Å²) in [6.45, 7) is 15.1. The summed E-state index contributed by atoms with van der Waals surface area (Å²) < 4.78 is 22.9. The molecule has 0 heterocycles. The molecule has 8 nitrogen and oxygen atoms in total. The van der Waals surface area contributed by atoms with Gasteiger partial charge in [0.2, 0.25) is 0 Å². The largest absolute Gasteiger partial charge is 0.466 e. The van der Waals surface area contributed by atoms with Crippen LogP contribution in [0.25, 0.3) is 0 Å². The molecule has 0 aromatic heterocycles. The zero-order valence-corrected chi connectivity index (χ0v) is 27.7. The van der Waals surface area contributed by atoms with Gasteiger partial charge in [0.25, 0.3) is 0 Å². The second-order valence-corrected chi connectivity index (χ2v) is 14.6. The van der Waals surface area contributed by atoms with E-state index < -0.39 is 6.10 Å². The van der Waals surface area contributed by atoms with E-state index in [1.807, 2.05) is 6.92 Å². The molecule has 0 aliphatic heterocycles. The monoisotopic (exact) mass is 602 g/mol. The van der Waals surface area contributed by atoms with Crippen LogP contribution in [0.5, 0.6) is 0 Å². The first-order valence-corrected chi connectivity index (χ1v) is 16.5. The molecule has 43 heavy (non-hydrogen) atoms. The number of rotatable bonds is 9. The molecule has 0 radical (unpaired) electrons. The van der Waals surface area contributed by atoms with Crippen LogP contribution < -0.4 is 0 Å². The van der Waals surface area contributed by atoms with Gasteiger partial charge in [-0.25, -0.2) is 0 Å². The lowest BCUT2D eigenvalue weighted by Crippen LogP contribution is -2.53. The third-order valence-corrected chi connectivity index (χ3v) is 11.8. The predicted octanol–water partition coefficient (Wildman–Crippen LogP) is 6.73. The lowest BCUT2D eigenvalue weighted by atomic mass is 9.45. The van der Waals surface area contributed by atoms with Crippen molar-refractivity contribution in [3.63, 3.8) is 0 Å². The molecule has 4 fully saturated rings. The number of carbonyl (C=O) groups is 4. The van der Waals surface area contributed by atoms with Gasteiger partial charge in [-0.3, -0.25) is 19.2 Å². The molecule has 4 rings (SSSR count). The van der Waals surface area contributed by atoms with E-state index >= 15 is 0 Å². The van der Waals surface area contributed by atoms with Gasteiger partial charge in [0.1, 0.15) is 18.3 Å². The molecule has 0 aromatic carbocycles. The second-order valence-electron chi connectivity index (χ2n) is 14.6. The summed E-state index contributed by atoms with van der Waals surface area (Å²) in [5.41, 5.74) is 2.23. The molecule has 242 valence electrons. The lowest BCUT2D eigenvalue weighted by molar-refractivity contribution is -0.158. The average Bonchev–Trinajstić information content (AvgIpc) is 3.20. The van der Waals surface area contributed by atoms with Crippen LogP contribution in [0.15, 0.2) is 11.1 Å². The Morgan fingerprint density at radius 2 is 1.49 bits per heavy atom. The van der Waals surface area contributed by atoms with Crippen LogP contribution in [0.1, 0.15) is 120 Å². The van der Waals surface area contributed by atoms with Gasteiger partial charge in [0.15, 0.2) is 0 Å². The Morgan fingerprint density at radius 3 is 2.12 bits per heavy atom. The fourth-order valence-corrected chi connectivity index (χ4v) is 9.89. The maximum atomic E-state index is 12.4. The lowest BCUT2D eigenvalue weighted by Gasteiger charge is -2.60. The van der Waals surface area contributed by atoms with E-state index in [1.165, 1.54) is 27.7 Å². The molecule has 0 saturated heterocycles. The Morgan fingerprint density at radius 1 is 0.791 bits per heavy atom. The Balaban J connectivity index is 1.61. The van der Waals surface area contributed by atoms with Crippen LogP contribution in [-0.4, -0.2) is 48.8 Å². The van der Waals surface area contributed by atoms with Crippen molar-refractivity contribution in [3.8, 4) is 0 Å². The summed E-state index contributed by atoms with van der Waals surface area (Å²) in [6, 6.07) is 0. The minimum atomic E-state index is -0.427. The normalized spacial score (nSPS) is 37.5. The first-order valence-electron chi connectivity index (χ1n) is 16.5. The highest BCUT2D eigenvalue weighted by atomic mass is 16.6. The first kappa shape index (κ1) is 33.5. The SMILES string of the molecule is CC(=O)OC[C@H](C)CC[C@H](OC(C)=O)/C(C)=C1/[C@H](OC(C)=O)C[C@H]2[C@@H]3CC[C@H]4C[C@@H](OC(C)=O)CC[C@]4(C)[C@H]3CC[C@]12C. The zero-order chi connectivity index (χ0) is 31.7. The summed E-state index contributed by atoms with van der Waals surface area (Å²) in [6.07, 6.45) is 8.79. The first-order chi connectivity index (χ1) is 20.2. The van der Waals surface area contributed by atoms with Gasteiger partial charge in [0, 0.05) is 27.7 Å². The van der Waals surface area contributed by atoms with Crippen molar-refractivity contribution in [2.24, 2.45) is 40.4 Å². The van der Waals surface area contributed by atoms with E-state index in [9.17, 15) is 19.2 Å². The molecule has 0 unspecified atom stereocenters. The molecule has 4 aliphatic rings. The number of hydrogen-bond acceptors (Lipinski definition) is 8. The van der Waals surface area contributed by atoms with Gasteiger partial charge < -0.3 is 18.9 Å². The van der Waals surface area contributed by atoms with Crippen molar-refractivity contribution in [2.75, 3.05) is 6.61 Å². The van der Waals surface area contributed by atoms with E-state index in [-0.39, 0.29) is 52.8 Å². The van der Waals surface area contributed by atoms with Gasteiger partial charge in [-0.1, -0.05) is 20.8 Å². The van der Waals surface area contributed by atoms with Crippen LogP contribution in [0.4, 0.5) is 0 Å². The van der Waals surface area contributed by atoms with Crippen molar-refractivity contribution < 1.29 is 38.1 Å². The topological polar surface area (TPSA) is 105 Å². The average molecular weight is 603 g/mol. The highest BCUT2D eigenvalue weighted by Gasteiger charge is 2.62. The number of fused-ring (bicyclic) bond motifs is 5. The Hall–Kier alpha value is -2.38. The predicted molar refractivity (Wildman–Crippen MR) is 162 cm³/mol. The van der Waals surface area contributed by atoms with Crippen LogP contribution in [0, 0.1) is 40.4 Å². The summed E-state index contributed by atoms with van der Waals surface area (Å²) in [5, 5.41) is 0. The fraction of sp³-hybridized carbons (Fsp3) is 0.829. The maximum absolute atomic E-state index is 12.4. The van der Waals surface area contributed by atoms with Crippen molar-refractivity contribution >= 4 is 23.9 Å². The van der Waals surface area contributed by atoms with E-state index in [2.05, 4.69) is 20.8 Å². The molecule has 10 atom stereocenters. The summed E-state index contributed by atoms with van der Waals surface area (Å²) in [5.74, 6) is 1.08. The quantitative estimate of drug-likeness (QED) is 0.163. The zero-order valence-electron chi connectivity index (χ0n) is 27.7. The molecule has 0 aromatic rings. The van der Waals surface area contributed by atoms with Crippen molar-refractivity contribution in [3.05, 3.63) is 11.1 Å². The number of carbonyl (C=O) groups excluding carboxylic acids is 4. The molecule has 0 N–H and O–H groups in total. The number of esters is 4. The second kappa shape index (κ2) is 13.3. The molecule has 8 heteroatoms. The highest BCUT2D eigenvalue weighted by Crippen LogP contribution is 2.68. The van der Waals surface area contributed by atoms with Gasteiger partial charge in [0.05, 0.1) is 6.61 Å². The Bertz CT molecular complexity index is 1110.